The van der Waals surface area contributed by atoms with E-state index in [0.717, 1.165) is 25.5 Å². The number of benzene rings is 2. The standard InChI is InChI=1S/C28H31FN4O6S2/c1-3-28-19-8-7-18(13-19)24(28)25(34)23(27(35)33(28)15-16-4-9-20(29)10-5-16)26-31-21-11-6-17(14-30-40(2,36)37)12-22(21)41(38,39)32-26/h4-6,9-12,18-19,23-24,30H,3,7-8,13-15H2,1-2H3,(H,31,32). The van der Waals surface area contributed by atoms with Gasteiger partial charge in [0.25, 0.3) is 10.0 Å². The van der Waals surface area contributed by atoms with Gasteiger partial charge in [0.15, 0.2) is 11.7 Å². The zero-order valence-corrected chi connectivity index (χ0v) is 24.3. The molecule has 3 fully saturated rings. The summed E-state index contributed by atoms with van der Waals surface area (Å²) in [5, 5.41) is 2.94. The molecule has 2 aliphatic carbocycles. The van der Waals surface area contributed by atoms with E-state index < -0.39 is 49.1 Å². The van der Waals surface area contributed by atoms with Gasteiger partial charge in [-0.25, -0.2) is 17.5 Å². The number of anilines is 1. The van der Waals surface area contributed by atoms with Crippen LogP contribution in [0.25, 0.3) is 0 Å². The van der Waals surface area contributed by atoms with Crippen molar-refractivity contribution >= 4 is 43.3 Å². The number of fused-ring (bicyclic) bond motifs is 6. The molecule has 4 aliphatic rings. The largest absolute Gasteiger partial charge is 0.341 e. The highest BCUT2D eigenvalue weighted by molar-refractivity contribution is 7.90. The number of piperidine rings is 1. The summed E-state index contributed by atoms with van der Waals surface area (Å²) in [6.07, 6.45) is 4.20. The lowest BCUT2D eigenvalue weighted by Gasteiger charge is -2.55. The van der Waals surface area contributed by atoms with Crippen LogP contribution >= 0.6 is 0 Å². The van der Waals surface area contributed by atoms with Crippen LogP contribution in [0.2, 0.25) is 0 Å². The highest BCUT2D eigenvalue weighted by Gasteiger charge is 2.68. The highest BCUT2D eigenvalue weighted by atomic mass is 32.2. The molecule has 2 aromatic rings. The van der Waals surface area contributed by atoms with Gasteiger partial charge in [-0.3, -0.25) is 9.59 Å². The molecule has 2 saturated carbocycles. The maximum atomic E-state index is 14.3. The number of likely N-dealkylation sites (tertiary alicyclic amines) is 1. The predicted molar refractivity (Wildman–Crippen MR) is 149 cm³/mol. The minimum atomic E-state index is -4.31. The number of halogens is 1. The van der Waals surface area contributed by atoms with Crippen LogP contribution in [-0.4, -0.2) is 51.1 Å². The monoisotopic (exact) mass is 602 g/mol. The Morgan fingerprint density at radius 3 is 2.51 bits per heavy atom. The van der Waals surface area contributed by atoms with Gasteiger partial charge in [-0.1, -0.05) is 25.1 Å². The second kappa shape index (κ2) is 9.70. The Hall–Kier alpha value is -3.16. The van der Waals surface area contributed by atoms with Gasteiger partial charge in [-0.15, -0.1) is 4.40 Å². The number of carbonyl (C=O) groups excluding carboxylic acids is 2. The van der Waals surface area contributed by atoms with Gasteiger partial charge < -0.3 is 10.2 Å². The Morgan fingerprint density at radius 2 is 1.83 bits per heavy atom. The third kappa shape index (κ3) is 4.58. The SMILES string of the molecule is CCC12C3CCC(C3)C1C(=O)C(C1=NS(=O)(=O)c3cc(CNS(C)(=O)=O)ccc3N1)C(=O)N2Cc1ccc(F)cc1. The van der Waals surface area contributed by atoms with Gasteiger partial charge in [0.2, 0.25) is 15.9 Å². The Bertz CT molecular complexity index is 1690. The second-order valence-corrected chi connectivity index (χ2v) is 14.9. The van der Waals surface area contributed by atoms with E-state index in [4.69, 9.17) is 0 Å². The number of sulfonamides is 2. The maximum absolute atomic E-state index is 14.3. The van der Waals surface area contributed by atoms with Crippen LogP contribution in [0.5, 0.6) is 0 Å². The van der Waals surface area contributed by atoms with Crippen molar-refractivity contribution in [1.82, 2.24) is 9.62 Å². The van der Waals surface area contributed by atoms with E-state index in [1.807, 2.05) is 6.92 Å². The molecule has 5 unspecified atom stereocenters. The zero-order chi connectivity index (χ0) is 29.3. The van der Waals surface area contributed by atoms with Crippen LogP contribution in [0.4, 0.5) is 10.1 Å². The Morgan fingerprint density at radius 1 is 1.12 bits per heavy atom. The first kappa shape index (κ1) is 28.0. The average molecular weight is 603 g/mol. The number of amides is 1. The van der Waals surface area contributed by atoms with E-state index >= 15 is 0 Å². The molecule has 1 saturated heterocycles. The number of hydrogen-bond acceptors (Lipinski definition) is 7. The van der Waals surface area contributed by atoms with E-state index in [0.29, 0.717) is 17.5 Å². The number of Topliss-reactive ketones (excluding diaryl/α,β-unsaturated/α-hetero) is 1. The lowest BCUT2D eigenvalue weighted by Crippen LogP contribution is -2.68. The number of hydrogen-bond donors (Lipinski definition) is 2. The van der Waals surface area contributed by atoms with Gasteiger partial charge in [-0.2, -0.15) is 8.42 Å². The summed E-state index contributed by atoms with van der Waals surface area (Å²) in [5.74, 6) is -3.07. The molecule has 41 heavy (non-hydrogen) atoms. The summed E-state index contributed by atoms with van der Waals surface area (Å²) in [6.45, 7) is 2.04. The molecule has 218 valence electrons. The molecule has 2 heterocycles. The molecule has 2 N–H and O–H groups in total. The first-order chi connectivity index (χ1) is 19.3. The predicted octanol–water partition coefficient (Wildman–Crippen LogP) is 2.81. The Kier molecular flexibility index (Phi) is 6.62. The molecule has 0 spiro atoms. The first-order valence-electron chi connectivity index (χ1n) is 13.6. The molecule has 10 nitrogen and oxygen atoms in total. The molecule has 2 aliphatic heterocycles. The van der Waals surface area contributed by atoms with E-state index in [9.17, 15) is 30.8 Å². The molecule has 1 amide bonds. The van der Waals surface area contributed by atoms with Gasteiger partial charge >= 0.3 is 0 Å². The van der Waals surface area contributed by atoms with Crippen LogP contribution in [0.15, 0.2) is 51.8 Å². The molecule has 13 heteroatoms. The minimum Gasteiger partial charge on any atom is -0.341 e. The van der Waals surface area contributed by atoms with Crippen LogP contribution in [0, 0.1) is 29.5 Å². The summed E-state index contributed by atoms with van der Waals surface area (Å²) in [5.41, 5.74) is 0.594. The molecular weight excluding hydrogens is 571 g/mol. The van der Waals surface area contributed by atoms with E-state index in [1.165, 1.54) is 24.3 Å². The van der Waals surface area contributed by atoms with Crippen molar-refractivity contribution in [2.24, 2.45) is 28.1 Å². The zero-order valence-electron chi connectivity index (χ0n) is 22.6. The number of rotatable bonds is 7. The van der Waals surface area contributed by atoms with Crippen LogP contribution in [0.1, 0.15) is 43.7 Å². The number of nitrogens with zero attached hydrogens (tertiary/aromatic N) is 2. The van der Waals surface area contributed by atoms with Crippen molar-refractivity contribution in [1.29, 1.82) is 0 Å². The molecule has 2 aromatic carbocycles. The number of ketones is 1. The van der Waals surface area contributed by atoms with Crippen molar-refractivity contribution < 1.29 is 30.8 Å². The summed E-state index contributed by atoms with van der Waals surface area (Å²) < 4.78 is 69.5. The topological polar surface area (TPSA) is 142 Å². The van der Waals surface area contributed by atoms with Crippen molar-refractivity contribution in [2.75, 3.05) is 11.6 Å². The van der Waals surface area contributed by atoms with Crippen molar-refractivity contribution in [3.63, 3.8) is 0 Å². The van der Waals surface area contributed by atoms with E-state index in [-0.39, 0.29) is 47.1 Å². The summed E-state index contributed by atoms with van der Waals surface area (Å²) >= 11 is 0. The number of nitrogens with one attached hydrogen (secondary N) is 2. The Labute approximate surface area is 238 Å². The summed E-state index contributed by atoms with van der Waals surface area (Å²) in [6, 6.07) is 10.3. The molecular formula is C28H31FN4O6S2. The second-order valence-electron chi connectivity index (χ2n) is 11.5. The van der Waals surface area contributed by atoms with Crippen LogP contribution in [0.3, 0.4) is 0 Å². The lowest BCUT2D eigenvalue weighted by atomic mass is 9.63. The summed E-state index contributed by atoms with van der Waals surface area (Å²) in [4.78, 5) is 30.1. The molecule has 5 atom stereocenters. The molecule has 2 bridgehead atoms. The molecule has 0 aromatic heterocycles. The normalized spacial score (nSPS) is 30.0. The van der Waals surface area contributed by atoms with Crippen molar-refractivity contribution in [3.8, 4) is 0 Å². The van der Waals surface area contributed by atoms with Crippen LogP contribution in [-0.2, 0) is 42.7 Å². The maximum Gasteiger partial charge on any atom is 0.286 e. The molecule has 6 rings (SSSR count). The van der Waals surface area contributed by atoms with Crippen molar-refractivity contribution in [3.05, 3.63) is 59.4 Å². The smallest absolute Gasteiger partial charge is 0.286 e. The van der Waals surface area contributed by atoms with Gasteiger partial charge in [0.1, 0.15) is 16.5 Å². The molecule has 0 radical (unpaired) electrons. The third-order valence-electron chi connectivity index (χ3n) is 9.23. The lowest BCUT2D eigenvalue weighted by molar-refractivity contribution is -0.164. The van der Waals surface area contributed by atoms with Gasteiger partial charge in [0.05, 0.1) is 17.5 Å². The van der Waals surface area contributed by atoms with Gasteiger partial charge in [-0.05, 0) is 72.9 Å². The quantitative estimate of drug-likeness (QED) is 0.464. The Balaban J connectivity index is 1.39. The number of carbonyl (C=O) groups is 2. The van der Waals surface area contributed by atoms with Crippen LogP contribution < -0.4 is 10.0 Å². The fraction of sp³-hybridized carbons (Fsp3) is 0.464. The van der Waals surface area contributed by atoms with E-state index in [1.54, 1.807) is 23.1 Å². The fourth-order valence-electron chi connectivity index (χ4n) is 7.59. The highest BCUT2D eigenvalue weighted by Crippen LogP contribution is 2.61. The van der Waals surface area contributed by atoms with E-state index in [2.05, 4.69) is 14.4 Å². The minimum absolute atomic E-state index is 0.0942. The first-order valence-corrected chi connectivity index (χ1v) is 17.0. The third-order valence-corrected chi connectivity index (χ3v) is 11.2. The van der Waals surface area contributed by atoms with Gasteiger partial charge in [0, 0.05) is 19.0 Å². The van der Waals surface area contributed by atoms with Crippen molar-refractivity contribution in [2.45, 2.75) is 56.1 Å². The fourth-order valence-corrected chi connectivity index (χ4v) is 9.22. The average Bonchev–Trinajstić information content (AvgIpc) is 3.51. The number of amidine groups is 1. The summed E-state index contributed by atoms with van der Waals surface area (Å²) in [7, 11) is -7.81.